The molecule has 0 fully saturated rings. The van der Waals surface area contributed by atoms with E-state index in [9.17, 15) is 9.59 Å². The number of hydrogen-bond acceptors (Lipinski definition) is 4. The highest BCUT2D eigenvalue weighted by molar-refractivity contribution is 8.00. The molecule has 0 radical (unpaired) electrons. The van der Waals surface area contributed by atoms with Gasteiger partial charge in [-0.25, -0.2) is 4.79 Å². The third kappa shape index (κ3) is 4.92. The van der Waals surface area contributed by atoms with E-state index in [1.54, 1.807) is 24.5 Å². The van der Waals surface area contributed by atoms with E-state index < -0.39 is 5.97 Å². The SMILES string of the molecule is O=C(CSc1ccncc1)NCc1ccc(C(=O)O)cc1. The summed E-state index contributed by atoms with van der Waals surface area (Å²) >= 11 is 1.44. The molecule has 6 heteroatoms. The zero-order valence-corrected chi connectivity index (χ0v) is 12.0. The maximum atomic E-state index is 11.7. The smallest absolute Gasteiger partial charge is 0.335 e. The molecule has 0 spiro atoms. The van der Waals surface area contributed by atoms with Gasteiger partial charge in [0.2, 0.25) is 5.91 Å². The maximum absolute atomic E-state index is 11.7. The summed E-state index contributed by atoms with van der Waals surface area (Å²) in [6.07, 6.45) is 3.37. The zero-order valence-electron chi connectivity index (χ0n) is 11.2. The summed E-state index contributed by atoms with van der Waals surface area (Å²) in [6.45, 7) is 0.385. The van der Waals surface area contributed by atoms with Gasteiger partial charge in [0.25, 0.3) is 0 Å². The Morgan fingerprint density at radius 3 is 2.38 bits per heavy atom. The number of aromatic carboxylic acids is 1. The lowest BCUT2D eigenvalue weighted by atomic mass is 10.1. The fourth-order valence-corrected chi connectivity index (χ4v) is 2.31. The number of benzene rings is 1. The van der Waals surface area contributed by atoms with Crippen LogP contribution in [0.4, 0.5) is 0 Å². The number of pyridine rings is 1. The first-order chi connectivity index (χ1) is 10.1. The van der Waals surface area contributed by atoms with Crippen LogP contribution in [0, 0.1) is 0 Å². The molecule has 1 aromatic carbocycles. The Hall–Kier alpha value is -2.34. The second-order valence-corrected chi connectivity index (χ2v) is 5.30. The second kappa shape index (κ2) is 7.44. The number of carbonyl (C=O) groups excluding carboxylic acids is 1. The average Bonchev–Trinajstić information content (AvgIpc) is 2.52. The minimum atomic E-state index is -0.959. The number of hydrogen-bond donors (Lipinski definition) is 2. The van der Waals surface area contributed by atoms with Gasteiger partial charge in [-0.05, 0) is 29.8 Å². The Labute approximate surface area is 126 Å². The van der Waals surface area contributed by atoms with Crippen molar-refractivity contribution in [1.29, 1.82) is 0 Å². The highest BCUT2D eigenvalue weighted by Gasteiger charge is 2.04. The van der Waals surface area contributed by atoms with Crippen LogP contribution in [0.2, 0.25) is 0 Å². The molecule has 5 nitrogen and oxygen atoms in total. The quantitative estimate of drug-likeness (QED) is 0.800. The van der Waals surface area contributed by atoms with Gasteiger partial charge < -0.3 is 10.4 Å². The van der Waals surface area contributed by atoms with Gasteiger partial charge in [0.05, 0.1) is 11.3 Å². The third-order valence-corrected chi connectivity index (χ3v) is 3.72. The number of rotatable bonds is 6. The lowest BCUT2D eigenvalue weighted by Crippen LogP contribution is -2.24. The van der Waals surface area contributed by atoms with Crippen LogP contribution in [0.5, 0.6) is 0 Å². The van der Waals surface area contributed by atoms with Gasteiger partial charge >= 0.3 is 5.97 Å². The largest absolute Gasteiger partial charge is 0.478 e. The minimum absolute atomic E-state index is 0.0703. The molecular weight excluding hydrogens is 288 g/mol. The van der Waals surface area contributed by atoms with E-state index in [1.165, 1.54) is 23.9 Å². The highest BCUT2D eigenvalue weighted by atomic mass is 32.2. The van der Waals surface area contributed by atoms with Crippen LogP contribution in [0.3, 0.4) is 0 Å². The summed E-state index contributed by atoms with van der Waals surface area (Å²) in [4.78, 5) is 27.3. The Morgan fingerprint density at radius 1 is 1.10 bits per heavy atom. The number of carboxylic acid groups (broad SMARTS) is 1. The van der Waals surface area contributed by atoms with Crippen molar-refractivity contribution in [3.05, 3.63) is 59.9 Å². The highest BCUT2D eigenvalue weighted by Crippen LogP contribution is 2.15. The van der Waals surface area contributed by atoms with Gasteiger partial charge in [-0.2, -0.15) is 0 Å². The summed E-state index contributed by atoms with van der Waals surface area (Å²) < 4.78 is 0. The molecule has 2 aromatic rings. The fourth-order valence-electron chi connectivity index (χ4n) is 1.60. The normalized spacial score (nSPS) is 10.1. The van der Waals surface area contributed by atoms with Crippen molar-refractivity contribution in [2.24, 2.45) is 0 Å². The van der Waals surface area contributed by atoms with E-state index in [0.717, 1.165) is 10.5 Å². The van der Waals surface area contributed by atoms with Crippen molar-refractivity contribution >= 4 is 23.6 Å². The van der Waals surface area contributed by atoms with E-state index in [4.69, 9.17) is 5.11 Å². The minimum Gasteiger partial charge on any atom is -0.478 e. The monoisotopic (exact) mass is 302 g/mol. The van der Waals surface area contributed by atoms with Gasteiger partial charge in [-0.3, -0.25) is 9.78 Å². The molecule has 0 saturated heterocycles. The molecule has 0 bridgehead atoms. The molecule has 1 aromatic heterocycles. The predicted molar refractivity (Wildman–Crippen MR) is 80.2 cm³/mol. The summed E-state index contributed by atoms with van der Waals surface area (Å²) in [5.74, 6) is -0.699. The number of nitrogens with zero attached hydrogens (tertiary/aromatic N) is 1. The number of amides is 1. The molecule has 108 valence electrons. The van der Waals surface area contributed by atoms with Crippen LogP contribution in [0.1, 0.15) is 15.9 Å². The predicted octanol–water partition coefficient (Wildman–Crippen LogP) is 2.19. The first kappa shape index (κ1) is 15.1. The zero-order chi connectivity index (χ0) is 15.1. The summed E-state index contributed by atoms with van der Waals surface area (Å²) in [6, 6.07) is 10.1. The number of aromatic nitrogens is 1. The second-order valence-electron chi connectivity index (χ2n) is 4.25. The standard InChI is InChI=1S/C15H14N2O3S/c18-14(10-21-13-5-7-16-8-6-13)17-9-11-1-3-12(4-2-11)15(19)20/h1-8H,9-10H2,(H,17,18)(H,19,20). The molecule has 0 aliphatic rings. The van der Waals surface area contributed by atoms with Crippen molar-refractivity contribution in [2.75, 3.05) is 5.75 Å². The maximum Gasteiger partial charge on any atom is 0.335 e. The van der Waals surface area contributed by atoms with Crippen LogP contribution in [-0.4, -0.2) is 27.7 Å². The molecule has 2 rings (SSSR count). The third-order valence-electron chi connectivity index (χ3n) is 2.71. The molecule has 21 heavy (non-hydrogen) atoms. The number of thioether (sulfide) groups is 1. The lowest BCUT2D eigenvalue weighted by Gasteiger charge is -2.05. The fraction of sp³-hybridized carbons (Fsp3) is 0.133. The number of carboxylic acids is 1. The van der Waals surface area contributed by atoms with Gasteiger partial charge in [0.15, 0.2) is 0 Å². The topological polar surface area (TPSA) is 79.3 Å². The van der Waals surface area contributed by atoms with E-state index in [0.29, 0.717) is 12.3 Å². The van der Waals surface area contributed by atoms with Gasteiger partial charge in [-0.1, -0.05) is 12.1 Å². The molecule has 0 unspecified atom stereocenters. The van der Waals surface area contributed by atoms with Crippen LogP contribution in [0.15, 0.2) is 53.7 Å². The summed E-state index contributed by atoms with van der Waals surface area (Å²) in [5, 5.41) is 11.6. The average molecular weight is 302 g/mol. The van der Waals surface area contributed by atoms with Gasteiger partial charge in [0.1, 0.15) is 0 Å². The van der Waals surface area contributed by atoms with Crippen molar-refractivity contribution in [1.82, 2.24) is 10.3 Å². The van der Waals surface area contributed by atoms with Crippen LogP contribution in [-0.2, 0) is 11.3 Å². The molecule has 0 aliphatic heterocycles. The van der Waals surface area contributed by atoms with Crippen LogP contribution >= 0.6 is 11.8 Å². The molecule has 0 saturated carbocycles. The van der Waals surface area contributed by atoms with Crippen LogP contribution < -0.4 is 5.32 Å². The van der Waals surface area contributed by atoms with Gasteiger partial charge in [-0.15, -0.1) is 11.8 Å². The molecular formula is C15H14N2O3S. The molecule has 2 N–H and O–H groups in total. The van der Waals surface area contributed by atoms with Gasteiger partial charge in [0, 0.05) is 23.8 Å². The van der Waals surface area contributed by atoms with E-state index in [1.807, 2.05) is 12.1 Å². The van der Waals surface area contributed by atoms with Crippen molar-refractivity contribution < 1.29 is 14.7 Å². The van der Waals surface area contributed by atoms with Crippen molar-refractivity contribution in [2.45, 2.75) is 11.4 Å². The summed E-state index contributed by atoms with van der Waals surface area (Å²) in [5.41, 5.74) is 1.10. The lowest BCUT2D eigenvalue weighted by molar-refractivity contribution is -0.118. The van der Waals surface area contributed by atoms with Crippen molar-refractivity contribution in [3.8, 4) is 0 Å². The molecule has 0 aliphatic carbocycles. The van der Waals surface area contributed by atoms with Crippen molar-refractivity contribution in [3.63, 3.8) is 0 Å². The Bertz CT molecular complexity index is 615. The first-order valence-corrected chi connectivity index (χ1v) is 7.25. The molecule has 1 amide bonds. The molecule has 1 heterocycles. The van der Waals surface area contributed by atoms with Crippen LogP contribution in [0.25, 0.3) is 0 Å². The number of carbonyl (C=O) groups is 2. The Morgan fingerprint density at radius 2 is 1.76 bits per heavy atom. The van der Waals surface area contributed by atoms with E-state index >= 15 is 0 Å². The molecule has 0 atom stereocenters. The Balaban J connectivity index is 1.77. The number of nitrogens with one attached hydrogen (secondary N) is 1. The van der Waals surface area contributed by atoms with E-state index in [-0.39, 0.29) is 11.5 Å². The van der Waals surface area contributed by atoms with E-state index in [2.05, 4.69) is 10.3 Å². The Kier molecular flexibility index (Phi) is 5.34. The summed E-state index contributed by atoms with van der Waals surface area (Å²) in [7, 11) is 0. The first-order valence-electron chi connectivity index (χ1n) is 6.27.